The highest BCUT2D eigenvalue weighted by molar-refractivity contribution is 5.60. The molecule has 102 valence electrons. The lowest BCUT2D eigenvalue weighted by Gasteiger charge is -2.25. The second-order valence-electron chi connectivity index (χ2n) is 4.71. The van der Waals surface area contributed by atoms with E-state index in [0.29, 0.717) is 5.92 Å². The van der Waals surface area contributed by atoms with E-state index >= 15 is 0 Å². The Balaban J connectivity index is 3.16. The van der Waals surface area contributed by atoms with Crippen LogP contribution < -0.4 is 10.2 Å². The van der Waals surface area contributed by atoms with Crippen LogP contribution in [0, 0.1) is 0 Å². The van der Waals surface area contributed by atoms with Crippen LogP contribution >= 0.6 is 0 Å². The fourth-order valence-corrected chi connectivity index (χ4v) is 2.08. The summed E-state index contributed by atoms with van der Waals surface area (Å²) in [5.41, 5.74) is 1.23. The molecule has 1 rings (SSSR count). The minimum atomic E-state index is 0.418. The summed E-state index contributed by atoms with van der Waals surface area (Å²) in [5.74, 6) is 2.48. The Morgan fingerprint density at radius 1 is 1.17 bits per heavy atom. The van der Waals surface area contributed by atoms with Crippen molar-refractivity contribution in [2.75, 3.05) is 29.9 Å². The molecular formula is C14H26N4. The lowest BCUT2D eigenvalue weighted by Crippen LogP contribution is -2.25. The van der Waals surface area contributed by atoms with Crippen LogP contribution in [0.15, 0.2) is 6.33 Å². The van der Waals surface area contributed by atoms with Gasteiger partial charge in [-0.1, -0.05) is 20.8 Å². The standard InChI is InChI=1S/C14H26N4/c1-6-9-15-13-12(11(4)5)14(17-10-16-13)18(7-2)8-3/h10-11H,6-9H2,1-5H3,(H,15,16,17). The fraction of sp³-hybridized carbons (Fsp3) is 0.714. The van der Waals surface area contributed by atoms with Gasteiger partial charge in [0.25, 0.3) is 0 Å². The van der Waals surface area contributed by atoms with Gasteiger partial charge in [-0.25, -0.2) is 9.97 Å². The summed E-state index contributed by atoms with van der Waals surface area (Å²) in [5, 5.41) is 3.41. The van der Waals surface area contributed by atoms with E-state index in [4.69, 9.17) is 0 Å². The Bertz CT molecular complexity index is 359. The monoisotopic (exact) mass is 250 g/mol. The third-order valence-electron chi connectivity index (χ3n) is 3.05. The van der Waals surface area contributed by atoms with Crippen LogP contribution in [0.25, 0.3) is 0 Å². The molecule has 1 heterocycles. The molecule has 18 heavy (non-hydrogen) atoms. The smallest absolute Gasteiger partial charge is 0.137 e. The maximum Gasteiger partial charge on any atom is 0.137 e. The van der Waals surface area contributed by atoms with E-state index in [9.17, 15) is 0 Å². The summed E-state index contributed by atoms with van der Waals surface area (Å²) < 4.78 is 0. The van der Waals surface area contributed by atoms with Gasteiger partial charge in [-0.2, -0.15) is 0 Å². The number of hydrogen-bond acceptors (Lipinski definition) is 4. The molecule has 1 aromatic rings. The predicted octanol–water partition coefficient (Wildman–Crippen LogP) is 3.27. The van der Waals surface area contributed by atoms with Crippen molar-refractivity contribution < 1.29 is 0 Å². The van der Waals surface area contributed by atoms with Crippen LogP contribution in [0.1, 0.15) is 52.5 Å². The van der Waals surface area contributed by atoms with E-state index in [2.05, 4.69) is 54.8 Å². The van der Waals surface area contributed by atoms with Crippen molar-refractivity contribution in [3.63, 3.8) is 0 Å². The van der Waals surface area contributed by atoms with E-state index in [1.807, 2.05) is 0 Å². The van der Waals surface area contributed by atoms with Crippen molar-refractivity contribution in [3.8, 4) is 0 Å². The lowest BCUT2D eigenvalue weighted by atomic mass is 10.0. The summed E-state index contributed by atoms with van der Waals surface area (Å²) in [6.07, 6.45) is 2.76. The number of hydrogen-bond donors (Lipinski definition) is 1. The molecule has 0 atom stereocenters. The molecule has 0 aliphatic carbocycles. The molecular weight excluding hydrogens is 224 g/mol. The summed E-state index contributed by atoms with van der Waals surface area (Å²) >= 11 is 0. The second kappa shape index (κ2) is 7.19. The first-order valence-corrected chi connectivity index (χ1v) is 6.99. The van der Waals surface area contributed by atoms with Crippen molar-refractivity contribution >= 4 is 11.6 Å². The van der Waals surface area contributed by atoms with Crippen molar-refractivity contribution in [2.45, 2.75) is 47.0 Å². The number of anilines is 2. The van der Waals surface area contributed by atoms with Crippen LogP contribution in [-0.2, 0) is 0 Å². The third kappa shape index (κ3) is 3.34. The van der Waals surface area contributed by atoms with Gasteiger partial charge in [-0.05, 0) is 26.2 Å². The van der Waals surface area contributed by atoms with E-state index in [0.717, 1.165) is 37.7 Å². The number of nitrogens with zero attached hydrogens (tertiary/aromatic N) is 3. The van der Waals surface area contributed by atoms with Crippen LogP contribution in [0.5, 0.6) is 0 Å². The number of rotatable bonds is 7. The quantitative estimate of drug-likeness (QED) is 0.806. The molecule has 1 N–H and O–H groups in total. The molecule has 4 heteroatoms. The Kier molecular flexibility index (Phi) is 5.89. The summed E-state index contributed by atoms with van der Waals surface area (Å²) in [6.45, 7) is 13.8. The van der Waals surface area contributed by atoms with Crippen molar-refractivity contribution in [3.05, 3.63) is 11.9 Å². The zero-order valence-corrected chi connectivity index (χ0v) is 12.3. The van der Waals surface area contributed by atoms with E-state index < -0.39 is 0 Å². The molecule has 0 fully saturated rings. The molecule has 0 aliphatic rings. The molecule has 0 bridgehead atoms. The third-order valence-corrected chi connectivity index (χ3v) is 3.05. The summed E-state index contributed by atoms with van der Waals surface area (Å²) in [6, 6.07) is 0. The highest BCUT2D eigenvalue weighted by Gasteiger charge is 2.17. The van der Waals surface area contributed by atoms with Gasteiger partial charge in [0, 0.05) is 25.2 Å². The SMILES string of the molecule is CCCNc1ncnc(N(CC)CC)c1C(C)C. The lowest BCUT2D eigenvalue weighted by molar-refractivity contribution is 0.787. The van der Waals surface area contributed by atoms with Gasteiger partial charge in [-0.15, -0.1) is 0 Å². The number of nitrogens with one attached hydrogen (secondary N) is 1. The van der Waals surface area contributed by atoms with Crippen molar-refractivity contribution in [1.29, 1.82) is 0 Å². The largest absolute Gasteiger partial charge is 0.370 e. The highest BCUT2D eigenvalue weighted by Crippen LogP contribution is 2.30. The van der Waals surface area contributed by atoms with Gasteiger partial charge in [0.05, 0.1) is 0 Å². The van der Waals surface area contributed by atoms with Crippen LogP contribution in [-0.4, -0.2) is 29.6 Å². The zero-order valence-electron chi connectivity index (χ0n) is 12.3. The van der Waals surface area contributed by atoms with Gasteiger partial charge in [0.2, 0.25) is 0 Å². The van der Waals surface area contributed by atoms with Gasteiger partial charge in [0.15, 0.2) is 0 Å². The van der Waals surface area contributed by atoms with Crippen molar-refractivity contribution in [2.24, 2.45) is 0 Å². The Morgan fingerprint density at radius 2 is 1.83 bits per heavy atom. The van der Waals surface area contributed by atoms with Gasteiger partial charge >= 0.3 is 0 Å². The first-order chi connectivity index (χ1) is 8.65. The molecule has 1 aromatic heterocycles. The Labute approximate surface area is 111 Å². The zero-order chi connectivity index (χ0) is 13.5. The van der Waals surface area contributed by atoms with Crippen LogP contribution in [0.4, 0.5) is 11.6 Å². The topological polar surface area (TPSA) is 41.1 Å². The average molecular weight is 250 g/mol. The molecule has 4 nitrogen and oxygen atoms in total. The molecule has 0 saturated heterocycles. The van der Waals surface area contributed by atoms with Gasteiger partial charge in [-0.3, -0.25) is 0 Å². The number of aromatic nitrogens is 2. The molecule has 0 spiro atoms. The summed E-state index contributed by atoms with van der Waals surface area (Å²) in [7, 11) is 0. The van der Waals surface area contributed by atoms with Gasteiger partial charge in [0.1, 0.15) is 18.0 Å². The van der Waals surface area contributed by atoms with E-state index in [1.54, 1.807) is 6.33 Å². The molecule has 0 aliphatic heterocycles. The van der Waals surface area contributed by atoms with E-state index in [-0.39, 0.29) is 0 Å². The second-order valence-corrected chi connectivity index (χ2v) is 4.71. The van der Waals surface area contributed by atoms with Crippen LogP contribution in [0.3, 0.4) is 0 Å². The van der Waals surface area contributed by atoms with Gasteiger partial charge < -0.3 is 10.2 Å². The molecule has 0 radical (unpaired) electrons. The average Bonchev–Trinajstić information content (AvgIpc) is 2.37. The fourth-order valence-electron chi connectivity index (χ4n) is 2.08. The Hall–Kier alpha value is -1.32. The Morgan fingerprint density at radius 3 is 2.33 bits per heavy atom. The van der Waals surface area contributed by atoms with Crippen molar-refractivity contribution in [1.82, 2.24) is 9.97 Å². The maximum atomic E-state index is 4.49. The minimum Gasteiger partial charge on any atom is -0.370 e. The highest BCUT2D eigenvalue weighted by atomic mass is 15.2. The van der Waals surface area contributed by atoms with E-state index in [1.165, 1.54) is 5.56 Å². The predicted molar refractivity (Wildman–Crippen MR) is 78.5 cm³/mol. The molecule has 0 saturated carbocycles. The normalized spacial score (nSPS) is 10.8. The first kappa shape index (κ1) is 14.7. The molecule has 0 amide bonds. The molecule has 0 aromatic carbocycles. The minimum absolute atomic E-state index is 0.418. The summed E-state index contributed by atoms with van der Waals surface area (Å²) in [4.78, 5) is 11.2. The van der Waals surface area contributed by atoms with Crippen LogP contribution in [0.2, 0.25) is 0 Å². The first-order valence-electron chi connectivity index (χ1n) is 6.99. The maximum absolute atomic E-state index is 4.49. The molecule has 0 unspecified atom stereocenters.